The highest BCUT2D eigenvalue weighted by Gasteiger charge is 2.70. The molecule has 50 heavy (non-hydrogen) atoms. The van der Waals surface area contributed by atoms with Gasteiger partial charge in [0.15, 0.2) is 5.78 Å². The highest BCUT2D eigenvalue weighted by Crippen LogP contribution is 2.76. The predicted octanol–water partition coefficient (Wildman–Crippen LogP) is 9.82. The number of aliphatic carboxylic acids is 1. The number of rotatable bonds is 9. The zero-order chi connectivity index (χ0) is 36.7. The zero-order valence-corrected chi connectivity index (χ0v) is 32.9. The van der Waals surface area contributed by atoms with Crippen molar-refractivity contribution in [2.75, 3.05) is 6.54 Å². The molecule has 1 aromatic carbocycles. The molecule has 0 saturated heterocycles. The molecule has 4 saturated carbocycles. The van der Waals surface area contributed by atoms with Gasteiger partial charge in [-0.05, 0) is 128 Å². The van der Waals surface area contributed by atoms with Gasteiger partial charge in [0.25, 0.3) is 0 Å². The molecule has 0 radical (unpaired) electrons. The average molecular weight is 708 g/mol. The van der Waals surface area contributed by atoms with Crippen LogP contribution in [0.15, 0.2) is 35.4 Å². The molecule has 0 spiro atoms. The standard InChI is InChI=1S/C43H62ClNO5/c1-26(2)35-30(46)22-43(25-45-24-27-10-12-28(44)13-11-27)21-20-41(8)29(36(35)43)14-15-32-40(7)18-17-33(50-34(47)23-38(3,4)37(48)49)39(5,6)31(40)16-19-42(32,41)9/h10-13,26,29,31-33,45H,14-25H2,1-9H3,(H,48,49)/t29-,31+,32-,33+,40+,41-,42-,43+/m1/s1. The van der Waals surface area contributed by atoms with Gasteiger partial charge in [-0.15, -0.1) is 0 Å². The van der Waals surface area contributed by atoms with Gasteiger partial charge in [-0.25, -0.2) is 0 Å². The number of nitrogens with one attached hydrogen (secondary N) is 1. The molecule has 5 aliphatic rings. The lowest BCUT2D eigenvalue weighted by atomic mass is 9.33. The number of ketones is 1. The Balaban J connectivity index is 1.26. The SMILES string of the molecule is CC(C)C1=C2[C@H]3CC[C@@H]4[C@@]5(C)CC[C@H](OC(=O)CC(C)(C)C(=O)O)C(C)(C)[C@@H]5CC[C@@]4(C)[C@]3(C)CC[C@@]2(CNCc2ccc(Cl)cc2)CC1=O. The van der Waals surface area contributed by atoms with Crippen LogP contribution in [0.3, 0.4) is 0 Å². The first-order valence-electron chi connectivity index (χ1n) is 19.4. The number of fused-ring (bicyclic) bond motifs is 7. The molecule has 0 bridgehead atoms. The average Bonchev–Trinajstić information content (AvgIpc) is 3.32. The number of halogens is 1. The molecule has 0 amide bonds. The minimum Gasteiger partial charge on any atom is -0.481 e. The van der Waals surface area contributed by atoms with Crippen molar-refractivity contribution in [3.8, 4) is 0 Å². The van der Waals surface area contributed by atoms with Crippen LogP contribution in [0.5, 0.6) is 0 Å². The Kier molecular flexibility index (Phi) is 9.58. The molecular formula is C43H62ClNO5. The van der Waals surface area contributed by atoms with Gasteiger partial charge < -0.3 is 15.2 Å². The molecule has 0 aromatic heterocycles. The summed E-state index contributed by atoms with van der Waals surface area (Å²) in [7, 11) is 0. The molecule has 0 heterocycles. The van der Waals surface area contributed by atoms with Crippen molar-refractivity contribution in [2.24, 2.45) is 56.2 Å². The molecule has 0 unspecified atom stereocenters. The summed E-state index contributed by atoms with van der Waals surface area (Å²) in [6.07, 6.45) is 8.83. The zero-order valence-electron chi connectivity index (χ0n) is 32.1. The van der Waals surface area contributed by atoms with Crippen LogP contribution in [0.25, 0.3) is 0 Å². The van der Waals surface area contributed by atoms with Crippen molar-refractivity contribution >= 4 is 29.3 Å². The lowest BCUT2D eigenvalue weighted by Crippen LogP contribution is -2.66. The van der Waals surface area contributed by atoms with Crippen LogP contribution in [0.1, 0.15) is 132 Å². The maximum absolute atomic E-state index is 14.0. The third-order valence-electron chi connectivity index (χ3n) is 15.7. The molecule has 5 aliphatic carbocycles. The number of benzene rings is 1. The lowest BCUT2D eigenvalue weighted by Gasteiger charge is -2.72. The molecule has 4 fully saturated rings. The number of hydrogen-bond acceptors (Lipinski definition) is 5. The number of esters is 1. The van der Waals surface area contributed by atoms with Crippen LogP contribution in [-0.4, -0.2) is 35.5 Å². The van der Waals surface area contributed by atoms with Gasteiger partial charge in [-0.3, -0.25) is 14.4 Å². The molecule has 6 rings (SSSR count). The van der Waals surface area contributed by atoms with E-state index in [4.69, 9.17) is 16.3 Å². The van der Waals surface area contributed by atoms with Gasteiger partial charge in [0.2, 0.25) is 0 Å². The first kappa shape index (κ1) is 37.6. The minimum atomic E-state index is -1.15. The van der Waals surface area contributed by atoms with E-state index in [9.17, 15) is 19.5 Å². The maximum Gasteiger partial charge on any atom is 0.309 e. The Labute approximate surface area is 305 Å². The number of carbonyl (C=O) groups excluding carboxylic acids is 2. The third-order valence-corrected chi connectivity index (χ3v) is 15.9. The molecule has 0 aliphatic heterocycles. The van der Waals surface area contributed by atoms with E-state index in [2.05, 4.69) is 65.9 Å². The quantitative estimate of drug-likeness (QED) is 0.248. The monoisotopic (exact) mass is 707 g/mol. The first-order chi connectivity index (χ1) is 23.2. The Bertz CT molecular complexity index is 1560. The number of allylic oxidation sites excluding steroid dienone is 1. The topological polar surface area (TPSA) is 92.7 Å². The van der Waals surface area contributed by atoms with E-state index in [0.717, 1.165) is 75.1 Å². The first-order valence-corrected chi connectivity index (χ1v) is 19.8. The third kappa shape index (κ3) is 5.81. The number of carbonyl (C=O) groups is 3. The van der Waals surface area contributed by atoms with Crippen molar-refractivity contribution in [3.63, 3.8) is 0 Å². The molecular weight excluding hydrogens is 646 g/mol. The summed E-state index contributed by atoms with van der Waals surface area (Å²) in [5, 5.41) is 14.1. The summed E-state index contributed by atoms with van der Waals surface area (Å²) in [5.74, 6) is 0.572. The van der Waals surface area contributed by atoms with E-state index in [1.54, 1.807) is 13.8 Å². The summed E-state index contributed by atoms with van der Waals surface area (Å²) in [4.78, 5) is 38.8. The number of ether oxygens (including phenoxy) is 1. The van der Waals surface area contributed by atoms with Gasteiger partial charge in [-0.1, -0.05) is 77.8 Å². The van der Waals surface area contributed by atoms with E-state index in [1.165, 1.54) is 11.1 Å². The molecule has 276 valence electrons. The van der Waals surface area contributed by atoms with E-state index in [1.807, 2.05) is 12.1 Å². The van der Waals surface area contributed by atoms with E-state index >= 15 is 0 Å². The molecule has 6 nitrogen and oxygen atoms in total. The minimum absolute atomic E-state index is 0.0968. The highest BCUT2D eigenvalue weighted by atomic mass is 35.5. The van der Waals surface area contributed by atoms with Gasteiger partial charge >= 0.3 is 11.9 Å². The number of carboxylic acid groups (broad SMARTS) is 1. The fourth-order valence-electron chi connectivity index (χ4n) is 12.8. The highest BCUT2D eigenvalue weighted by molar-refractivity contribution is 6.30. The number of Topliss-reactive ketones (excluding diaryl/α,β-unsaturated/α-hetero) is 1. The van der Waals surface area contributed by atoms with E-state index in [-0.39, 0.29) is 45.5 Å². The molecule has 8 atom stereocenters. The van der Waals surface area contributed by atoms with Crippen LogP contribution < -0.4 is 5.32 Å². The second-order valence-electron chi connectivity index (χ2n) is 19.4. The largest absolute Gasteiger partial charge is 0.481 e. The van der Waals surface area contributed by atoms with Crippen molar-refractivity contribution < 1.29 is 24.2 Å². The Morgan fingerprint density at radius 3 is 2.26 bits per heavy atom. The normalized spacial score (nSPS) is 37.9. The van der Waals surface area contributed by atoms with Gasteiger partial charge in [0.1, 0.15) is 6.10 Å². The van der Waals surface area contributed by atoms with Crippen LogP contribution >= 0.6 is 11.6 Å². The van der Waals surface area contributed by atoms with Gasteiger partial charge in [-0.2, -0.15) is 0 Å². The lowest BCUT2D eigenvalue weighted by molar-refractivity contribution is -0.233. The summed E-state index contributed by atoms with van der Waals surface area (Å²) >= 11 is 6.15. The molecule has 1 aromatic rings. The van der Waals surface area contributed by atoms with Gasteiger partial charge in [0, 0.05) is 35.4 Å². The van der Waals surface area contributed by atoms with Crippen molar-refractivity contribution in [1.29, 1.82) is 0 Å². The summed E-state index contributed by atoms with van der Waals surface area (Å²) in [6, 6.07) is 8.06. The summed E-state index contributed by atoms with van der Waals surface area (Å²) in [6.45, 7) is 21.6. The summed E-state index contributed by atoms with van der Waals surface area (Å²) < 4.78 is 6.17. The van der Waals surface area contributed by atoms with Crippen LogP contribution in [0.4, 0.5) is 0 Å². The predicted molar refractivity (Wildman–Crippen MR) is 199 cm³/mol. The summed E-state index contributed by atoms with van der Waals surface area (Å²) in [5.41, 5.74) is 2.71. The Morgan fingerprint density at radius 1 is 0.940 bits per heavy atom. The number of carboxylic acids is 1. The fraction of sp³-hybridized carbons (Fsp3) is 0.744. The second kappa shape index (κ2) is 12.7. The second-order valence-corrected chi connectivity index (χ2v) is 19.8. The fourth-order valence-corrected chi connectivity index (χ4v) is 12.9. The maximum atomic E-state index is 14.0. The van der Waals surface area contributed by atoms with Crippen LogP contribution in [-0.2, 0) is 25.7 Å². The molecule has 7 heteroatoms. The van der Waals surface area contributed by atoms with E-state index in [0.29, 0.717) is 30.0 Å². The van der Waals surface area contributed by atoms with Gasteiger partial charge in [0.05, 0.1) is 11.8 Å². The van der Waals surface area contributed by atoms with E-state index < -0.39 is 17.4 Å². The smallest absolute Gasteiger partial charge is 0.309 e. The Morgan fingerprint density at radius 2 is 1.62 bits per heavy atom. The number of hydrogen-bond donors (Lipinski definition) is 2. The van der Waals surface area contributed by atoms with Crippen molar-refractivity contribution in [2.45, 2.75) is 139 Å². The van der Waals surface area contributed by atoms with Crippen LogP contribution in [0, 0.1) is 56.2 Å². The Hall–Kier alpha value is -2.18. The van der Waals surface area contributed by atoms with Crippen molar-refractivity contribution in [3.05, 3.63) is 46.0 Å². The molecule has 2 N–H and O–H groups in total. The van der Waals surface area contributed by atoms with Crippen LogP contribution in [0.2, 0.25) is 5.02 Å². The van der Waals surface area contributed by atoms with Crippen molar-refractivity contribution in [1.82, 2.24) is 5.32 Å².